The number of rotatable bonds is 8. The van der Waals surface area contributed by atoms with Crippen LogP contribution in [-0.4, -0.2) is 34.6 Å². The first-order valence-electron chi connectivity index (χ1n) is 6.38. The highest BCUT2D eigenvalue weighted by molar-refractivity contribution is 7.33. The minimum Gasteiger partial charge on any atom is -0.480 e. The van der Waals surface area contributed by atoms with Crippen molar-refractivity contribution in [2.75, 3.05) is 14.2 Å². The highest BCUT2D eigenvalue weighted by atomic mass is 35.5. The zero-order chi connectivity index (χ0) is 17.5. The minimum atomic E-state index is -2.43. The summed E-state index contributed by atoms with van der Waals surface area (Å²) >= 11 is 11.5. The van der Waals surface area contributed by atoms with Crippen molar-refractivity contribution in [1.82, 2.24) is 20.4 Å². The van der Waals surface area contributed by atoms with Gasteiger partial charge in [0.05, 0.1) is 14.2 Å². The lowest BCUT2D eigenvalue weighted by Gasteiger charge is -2.04. The molecule has 2 aromatic heterocycles. The average molecular weight is 394 g/mol. The van der Waals surface area contributed by atoms with Gasteiger partial charge < -0.3 is 9.47 Å². The smallest absolute Gasteiger partial charge is 0.480 e. The van der Waals surface area contributed by atoms with Gasteiger partial charge in [0.15, 0.2) is 10.3 Å². The number of nitrogens with zero attached hydrogens (tertiary/aromatic N) is 4. The molecule has 0 aliphatic rings. The van der Waals surface area contributed by atoms with Crippen LogP contribution >= 0.6 is 31.5 Å². The van der Waals surface area contributed by atoms with E-state index in [1.165, 1.54) is 26.4 Å². The molecule has 2 aromatic rings. The quantitative estimate of drug-likeness (QED) is 0.625. The second-order valence-corrected chi connectivity index (χ2v) is 5.91. The van der Waals surface area contributed by atoms with Crippen LogP contribution < -0.4 is 9.47 Å². The standard InChI is InChI=1S/C12H12Cl2N4O5P/c1-20-11-7(3-9(13)15-17-11)5-22-24(19)23-6-8-4-10(14)16-18-12(8)21-2/h3-4H,5-6H2,1-2H3/q+1. The van der Waals surface area contributed by atoms with Crippen molar-refractivity contribution in [3.05, 3.63) is 33.6 Å². The van der Waals surface area contributed by atoms with Crippen LogP contribution in [0.4, 0.5) is 0 Å². The summed E-state index contributed by atoms with van der Waals surface area (Å²) in [5.41, 5.74) is 0.964. The van der Waals surface area contributed by atoms with Gasteiger partial charge in [-0.25, -0.2) is 0 Å². The highest BCUT2D eigenvalue weighted by Crippen LogP contribution is 2.31. The average Bonchev–Trinajstić information content (AvgIpc) is 2.58. The van der Waals surface area contributed by atoms with Gasteiger partial charge in [0.2, 0.25) is 11.8 Å². The van der Waals surface area contributed by atoms with E-state index in [4.69, 9.17) is 41.7 Å². The molecule has 0 unspecified atom stereocenters. The second kappa shape index (κ2) is 9.00. The molecule has 0 fully saturated rings. The van der Waals surface area contributed by atoms with E-state index in [0.717, 1.165) is 0 Å². The zero-order valence-electron chi connectivity index (χ0n) is 12.6. The van der Waals surface area contributed by atoms with Crippen molar-refractivity contribution in [3.8, 4) is 11.8 Å². The van der Waals surface area contributed by atoms with E-state index >= 15 is 0 Å². The summed E-state index contributed by atoms with van der Waals surface area (Å²) in [7, 11) is 0.416. The molecule has 0 aromatic carbocycles. The Morgan fingerprint density at radius 1 is 0.875 bits per heavy atom. The molecule has 0 spiro atoms. The zero-order valence-corrected chi connectivity index (χ0v) is 15.0. The molecule has 0 N–H and O–H groups in total. The van der Waals surface area contributed by atoms with E-state index < -0.39 is 8.25 Å². The van der Waals surface area contributed by atoms with Crippen molar-refractivity contribution < 1.29 is 23.1 Å². The largest absolute Gasteiger partial charge is 0.698 e. The van der Waals surface area contributed by atoms with E-state index in [0.29, 0.717) is 11.1 Å². The molecule has 0 saturated carbocycles. The molecule has 12 heteroatoms. The number of halogens is 2. The van der Waals surface area contributed by atoms with Crippen LogP contribution in [0.5, 0.6) is 11.8 Å². The number of hydrogen-bond acceptors (Lipinski definition) is 9. The lowest BCUT2D eigenvalue weighted by molar-refractivity contribution is 0.207. The Hall–Kier alpha value is -1.64. The van der Waals surface area contributed by atoms with Gasteiger partial charge in [0.25, 0.3) is 0 Å². The predicted molar refractivity (Wildman–Crippen MR) is 84.4 cm³/mol. The van der Waals surface area contributed by atoms with Crippen molar-refractivity contribution in [2.24, 2.45) is 0 Å². The molecule has 0 radical (unpaired) electrons. The molecule has 2 rings (SSSR count). The SMILES string of the molecule is COc1nnc(Cl)cc1CO[P+](=O)OCc1cc(Cl)nnc1OC. The summed E-state index contributed by atoms with van der Waals surface area (Å²) in [5.74, 6) is 0.434. The maximum atomic E-state index is 11.8. The molecule has 0 bridgehead atoms. The molecule has 0 saturated heterocycles. The Labute approximate surface area is 148 Å². The summed E-state index contributed by atoms with van der Waals surface area (Å²) in [6.07, 6.45) is 0. The van der Waals surface area contributed by atoms with Crippen LogP contribution in [0.15, 0.2) is 12.1 Å². The molecule has 0 atom stereocenters. The topological polar surface area (TPSA) is 106 Å². The first-order valence-corrected chi connectivity index (χ1v) is 8.24. The van der Waals surface area contributed by atoms with Gasteiger partial charge in [0, 0.05) is 15.7 Å². The van der Waals surface area contributed by atoms with E-state index in [-0.39, 0.29) is 35.3 Å². The molecule has 0 aliphatic heterocycles. The van der Waals surface area contributed by atoms with E-state index in [2.05, 4.69) is 20.4 Å². The van der Waals surface area contributed by atoms with Crippen molar-refractivity contribution in [2.45, 2.75) is 13.2 Å². The van der Waals surface area contributed by atoms with Crippen LogP contribution in [0.25, 0.3) is 0 Å². The molecule has 9 nitrogen and oxygen atoms in total. The van der Waals surface area contributed by atoms with Gasteiger partial charge in [-0.1, -0.05) is 23.2 Å². The third kappa shape index (κ3) is 5.19. The fraction of sp³-hybridized carbons (Fsp3) is 0.333. The molecule has 0 aliphatic carbocycles. The van der Waals surface area contributed by atoms with Crippen LogP contribution in [0.2, 0.25) is 10.3 Å². The Morgan fingerprint density at radius 2 is 1.29 bits per heavy atom. The van der Waals surface area contributed by atoms with Gasteiger partial charge in [-0.2, -0.15) is 0 Å². The van der Waals surface area contributed by atoms with Crippen molar-refractivity contribution in [3.63, 3.8) is 0 Å². The third-order valence-electron chi connectivity index (χ3n) is 2.65. The normalized spacial score (nSPS) is 10.5. The Morgan fingerprint density at radius 3 is 1.67 bits per heavy atom. The second-order valence-electron chi connectivity index (χ2n) is 4.17. The van der Waals surface area contributed by atoms with Crippen LogP contribution in [0.1, 0.15) is 11.1 Å². The molecular formula is C12H12Cl2N4O5P+. The minimum absolute atomic E-state index is 0.0832. The van der Waals surface area contributed by atoms with Crippen LogP contribution in [0, 0.1) is 0 Å². The van der Waals surface area contributed by atoms with Crippen LogP contribution in [-0.2, 0) is 26.8 Å². The monoisotopic (exact) mass is 393 g/mol. The lowest BCUT2D eigenvalue weighted by atomic mass is 10.3. The maximum Gasteiger partial charge on any atom is 0.698 e. The van der Waals surface area contributed by atoms with Crippen molar-refractivity contribution >= 4 is 31.5 Å². The Kier molecular flexibility index (Phi) is 7.01. The van der Waals surface area contributed by atoms with E-state index in [1.807, 2.05) is 0 Å². The first kappa shape index (κ1) is 18.7. The summed E-state index contributed by atoms with van der Waals surface area (Å²) < 4.78 is 32.1. The Balaban J connectivity index is 1.93. The first-order chi connectivity index (χ1) is 11.5. The van der Waals surface area contributed by atoms with E-state index in [1.54, 1.807) is 0 Å². The molecule has 0 amide bonds. The highest BCUT2D eigenvalue weighted by Gasteiger charge is 2.24. The molecule has 128 valence electrons. The third-order valence-corrected chi connectivity index (χ3v) is 3.70. The van der Waals surface area contributed by atoms with Gasteiger partial charge in [-0.3, -0.25) is 0 Å². The number of hydrogen-bond donors (Lipinski definition) is 0. The van der Waals surface area contributed by atoms with Gasteiger partial charge in [-0.05, 0) is 12.1 Å². The predicted octanol–water partition coefficient (Wildman–Crippen LogP) is 2.98. The maximum absolute atomic E-state index is 11.8. The summed E-state index contributed by atoms with van der Waals surface area (Å²) in [4.78, 5) is 0. The molecular weight excluding hydrogens is 382 g/mol. The Bertz CT molecular complexity index is 677. The summed E-state index contributed by atoms with van der Waals surface area (Å²) in [5, 5.41) is 15.1. The lowest BCUT2D eigenvalue weighted by Crippen LogP contribution is -2.00. The summed E-state index contributed by atoms with van der Waals surface area (Å²) in [6.45, 7) is -0.166. The van der Waals surface area contributed by atoms with Gasteiger partial charge in [0.1, 0.15) is 13.2 Å². The molecule has 2 heterocycles. The van der Waals surface area contributed by atoms with E-state index in [9.17, 15) is 4.57 Å². The number of ether oxygens (including phenoxy) is 2. The fourth-order valence-electron chi connectivity index (χ4n) is 1.62. The fourth-order valence-corrected chi connectivity index (χ4v) is 2.52. The van der Waals surface area contributed by atoms with Gasteiger partial charge in [-0.15, -0.1) is 29.4 Å². The number of methoxy groups -OCH3 is 2. The number of aromatic nitrogens is 4. The van der Waals surface area contributed by atoms with Gasteiger partial charge >= 0.3 is 8.25 Å². The summed E-state index contributed by atoms with van der Waals surface area (Å²) in [6, 6.07) is 2.98. The van der Waals surface area contributed by atoms with Crippen molar-refractivity contribution in [1.29, 1.82) is 0 Å². The van der Waals surface area contributed by atoms with Crippen LogP contribution in [0.3, 0.4) is 0 Å². The molecule has 24 heavy (non-hydrogen) atoms.